The van der Waals surface area contributed by atoms with Crippen LogP contribution in [0.25, 0.3) is 0 Å². The van der Waals surface area contributed by atoms with Crippen molar-refractivity contribution >= 4 is 11.7 Å². The van der Waals surface area contributed by atoms with E-state index in [1.54, 1.807) is 0 Å². The number of pyridine rings is 1. The van der Waals surface area contributed by atoms with Gasteiger partial charge in [-0.1, -0.05) is 25.5 Å². The molecule has 0 saturated heterocycles. The van der Waals surface area contributed by atoms with Gasteiger partial charge in [-0.2, -0.15) is 0 Å². The Morgan fingerprint density at radius 1 is 1.30 bits per heavy atom. The van der Waals surface area contributed by atoms with E-state index in [-0.39, 0.29) is 17.2 Å². The summed E-state index contributed by atoms with van der Waals surface area (Å²) >= 11 is 0. The summed E-state index contributed by atoms with van der Waals surface area (Å²) in [4.78, 5) is 16.8. The normalized spacial score (nSPS) is 23.1. The molecule has 1 saturated carbocycles. The molecule has 3 heteroatoms. The Balaban J connectivity index is 2.12. The molecule has 1 amide bonds. The second-order valence-electron chi connectivity index (χ2n) is 6.73. The summed E-state index contributed by atoms with van der Waals surface area (Å²) in [5.74, 6) is 1.11. The Hall–Kier alpha value is -1.64. The highest BCUT2D eigenvalue weighted by Crippen LogP contribution is 2.59. The van der Waals surface area contributed by atoms with Gasteiger partial charge in [-0.25, -0.2) is 4.98 Å². The zero-order valence-corrected chi connectivity index (χ0v) is 13.2. The molecule has 2 atom stereocenters. The second kappa shape index (κ2) is 5.04. The maximum atomic E-state index is 12.4. The highest BCUT2D eigenvalue weighted by molar-refractivity contribution is 5.95. The fourth-order valence-corrected chi connectivity index (χ4v) is 2.96. The van der Waals surface area contributed by atoms with Gasteiger partial charge in [0.1, 0.15) is 5.82 Å². The summed E-state index contributed by atoms with van der Waals surface area (Å²) in [5.41, 5.74) is 3.35. The number of rotatable bonds is 3. The predicted molar refractivity (Wildman–Crippen MR) is 82.5 cm³/mol. The van der Waals surface area contributed by atoms with Gasteiger partial charge in [-0.3, -0.25) is 4.79 Å². The average Bonchev–Trinajstić information content (AvgIpc) is 2.77. The molecular formula is C17H24N2O. The van der Waals surface area contributed by atoms with Crippen LogP contribution in [0, 0.1) is 31.1 Å². The van der Waals surface area contributed by atoms with Gasteiger partial charge in [0.15, 0.2) is 0 Å². The smallest absolute Gasteiger partial charge is 0.229 e. The van der Waals surface area contributed by atoms with Crippen LogP contribution in [0.3, 0.4) is 0 Å². The molecule has 0 radical (unpaired) electrons. The third kappa shape index (κ3) is 2.92. The number of nitrogens with one attached hydrogen (secondary N) is 1. The van der Waals surface area contributed by atoms with E-state index < -0.39 is 0 Å². The Morgan fingerprint density at radius 2 is 1.95 bits per heavy atom. The van der Waals surface area contributed by atoms with Crippen molar-refractivity contribution in [3.63, 3.8) is 0 Å². The van der Waals surface area contributed by atoms with Crippen molar-refractivity contribution in [2.75, 3.05) is 5.32 Å². The molecule has 1 aromatic heterocycles. The van der Waals surface area contributed by atoms with E-state index in [4.69, 9.17) is 0 Å². The van der Waals surface area contributed by atoms with Gasteiger partial charge in [0.25, 0.3) is 0 Å². The molecule has 1 heterocycles. The second-order valence-corrected chi connectivity index (χ2v) is 6.73. The first-order valence-corrected chi connectivity index (χ1v) is 7.13. The van der Waals surface area contributed by atoms with Crippen molar-refractivity contribution in [1.82, 2.24) is 4.98 Å². The molecule has 0 aromatic carbocycles. The Morgan fingerprint density at radius 3 is 2.50 bits per heavy atom. The van der Waals surface area contributed by atoms with Crippen molar-refractivity contribution < 1.29 is 4.79 Å². The van der Waals surface area contributed by atoms with E-state index in [0.29, 0.717) is 11.7 Å². The van der Waals surface area contributed by atoms with Gasteiger partial charge < -0.3 is 5.32 Å². The van der Waals surface area contributed by atoms with Gasteiger partial charge in [0, 0.05) is 5.69 Å². The van der Waals surface area contributed by atoms with Gasteiger partial charge in [0.05, 0.1) is 5.92 Å². The van der Waals surface area contributed by atoms with Gasteiger partial charge >= 0.3 is 0 Å². The van der Waals surface area contributed by atoms with E-state index in [0.717, 1.165) is 11.3 Å². The van der Waals surface area contributed by atoms with E-state index in [9.17, 15) is 4.79 Å². The number of amides is 1. The number of aromatic nitrogens is 1. The van der Waals surface area contributed by atoms with Crippen LogP contribution in [0.4, 0.5) is 5.82 Å². The number of carbonyl (C=O) groups is 1. The summed E-state index contributed by atoms with van der Waals surface area (Å²) in [5, 5.41) is 2.97. The molecule has 0 spiro atoms. The summed E-state index contributed by atoms with van der Waals surface area (Å²) in [6.45, 7) is 12.4. The third-order valence-corrected chi connectivity index (χ3v) is 4.06. The van der Waals surface area contributed by atoms with Crippen molar-refractivity contribution in [3.8, 4) is 0 Å². The minimum Gasteiger partial charge on any atom is -0.310 e. The van der Waals surface area contributed by atoms with Gasteiger partial charge in [-0.15, -0.1) is 0 Å². The molecule has 2 unspecified atom stereocenters. The molecule has 108 valence electrons. The maximum absolute atomic E-state index is 12.4. The zero-order chi connectivity index (χ0) is 15.1. The molecule has 1 N–H and O–H groups in total. The summed E-state index contributed by atoms with van der Waals surface area (Å²) < 4.78 is 0. The molecule has 1 aliphatic carbocycles. The number of carbonyl (C=O) groups excluding carboxylic acids is 1. The molecule has 1 aromatic rings. The lowest BCUT2D eigenvalue weighted by Gasteiger charge is -2.07. The average molecular weight is 272 g/mol. The van der Waals surface area contributed by atoms with Crippen LogP contribution < -0.4 is 5.32 Å². The monoisotopic (exact) mass is 272 g/mol. The van der Waals surface area contributed by atoms with Crippen molar-refractivity contribution in [2.45, 2.75) is 41.5 Å². The number of nitrogens with zero attached hydrogens (tertiary/aromatic N) is 1. The van der Waals surface area contributed by atoms with Crippen molar-refractivity contribution in [3.05, 3.63) is 35.0 Å². The van der Waals surface area contributed by atoms with E-state index in [2.05, 4.69) is 44.1 Å². The molecule has 1 aliphatic rings. The molecule has 3 nitrogen and oxygen atoms in total. The fraction of sp³-hybridized carbons (Fsp3) is 0.529. The van der Waals surface area contributed by atoms with Crippen molar-refractivity contribution in [1.29, 1.82) is 0 Å². The zero-order valence-electron chi connectivity index (χ0n) is 13.2. The maximum Gasteiger partial charge on any atom is 0.229 e. The summed E-state index contributed by atoms with van der Waals surface area (Å²) in [7, 11) is 0. The molecule has 1 fully saturated rings. The highest BCUT2D eigenvalue weighted by atomic mass is 16.2. The first kappa shape index (κ1) is 14.8. The Kier molecular flexibility index (Phi) is 3.72. The number of hydrogen-bond donors (Lipinski definition) is 1. The SMILES string of the molecule is CC(C)=CC1C(C(=O)Nc2cc(C)cc(C)n2)C1(C)C. The van der Waals surface area contributed by atoms with Crippen LogP contribution in [0.15, 0.2) is 23.8 Å². The fourth-order valence-electron chi connectivity index (χ4n) is 2.96. The lowest BCUT2D eigenvalue weighted by molar-refractivity contribution is -0.118. The lowest BCUT2D eigenvalue weighted by Crippen LogP contribution is -2.18. The number of aryl methyl sites for hydroxylation is 2. The number of hydrogen-bond acceptors (Lipinski definition) is 2. The minimum absolute atomic E-state index is 0.0417. The van der Waals surface area contributed by atoms with Crippen LogP contribution in [0.1, 0.15) is 39.0 Å². The number of allylic oxidation sites excluding steroid dienone is 2. The van der Waals surface area contributed by atoms with Crippen LogP contribution in [-0.4, -0.2) is 10.9 Å². The molecule has 20 heavy (non-hydrogen) atoms. The molecule has 0 aliphatic heterocycles. The topological polar surface area (TPSA) is 42.0 Å². The van der Waals surface area contributed by atoms with Gasteiger partial charge in [0.2, 0.25) is 5.91 Å². The van der Waals surface area contributed by atoms with E-state index in [1.807, 2.05) is 26.0 Å². The molecule has 0 bridgehead atoms. The van der Waals surface area contributed by atoms with E-state index >= 15 is 0 Å². The highest BCUT2D eigenvalue weighted by Gasteiger charge is 2.60. The quantitative estimate of drug-likeness (QED) is 0.849. The molecular weight excluding hydrogens is 248 g/mol. The number of anilines is 1. The van der Waals surface area contributed by atoms with Crippen LogP contribution in [-0.2, 0) is 4.79 Å². The minimum atomic E-state index is 0.0417. The van der Waals surface area contributed by atoms with Crippen LogP contribution >= 0.6 is 0 Å². The molecule has 2 rings (SSSR count). The van der Waals surface area contributed by atoms with E-state index in [1.165, 1.54) is 5.57 Å². The summed E-state index contributed by atoms with van der Waals surface area (Å²) in [6, 6.07) is 3.92. The standard InChI is InChI=1S/C17H24N2O/c1-10(2)7-13-15(17(13,5)6)16(20)19-14-9-11(3)8-12(4)18-14/h7-9,13,15H,1-6H3,(H,18,19,20). The third-order valence-electron chi connectivity index (χ3n) is 4.06. The van der Waals surface area contributed by atoms with Gasteiger partial charge in [-0.05, 0) is 56.7 Å². The summed E-state index contributed by atoms with van der Waals surface area (Å²) in [6.07, 6.45) is 2.21. The van der Waals surface area contributed by atoms with Crippen LogP contribution in [0.2, 0.25) is 0 Å². The van der Waals surface area contributed by atoms with Crippen molar-refractivity contribution in [2.24, 2.45) is 17.3 Å². The predicted octanol–water partition coefficient (Wildman–Crippen LogP) is 3.88. The first-order valence-electron chi connectivity index (χ1n) is 7.13. The Bertz CT molecular complexity index is 548. The lowest BCUT2D eigenvalue weighted by atomic mass is 10.1. The largest absolute Gasteiger partial charge is 0.310 e. The Labute approximate surface area is 121 Å². The first-order chi connectivity index (χ1) is 9.21. The van der Waals surface area contributed by atoms with Crippen LogP contribution in [0.5, 0.6) is 0 Å².